The Hall–Kier alpha value is -3.16. The van der Waals surface area contributed by atoms with Gasteiger partial charge in [0.15, 0.2) is 5.76 Å². The van der Waals surface area contributed by atoms with Crippen molar-refractivity contribution in [1.82, 2.24) is 19.7 Å². The van der Waals surface area contributed by atoms with Crippen molar-refractivity contribution in [3.05, 3.63) is 46.6 Å². The van der Waals surface area contributed by atoms with Crippen LogP contribution < -0.4 is 10.9 Å². The average Bonchev–Trinajstić information content (AvgIpc) is 3.14. The third-order valence-corrected chi connectivity index (χ3v) is 3.32. The lowest BCUT2D eigenvalue weighted by Crippen LogP contribution is -2.21. The minimum absolute atomic E-state index is 0.169. The first-order chi connectivity index (χ1) is 11.4. The van der Waals surface area contributed by atoms with Crippen LogP contribution in [0.2, 0.25) is 0 Å². The van der Waals surface area contributed by atoms with Crippen molar-refractivity contribution < 1.29 is 9.21 Å². The molecule has 0 spiro atoms. The Morgan fingerprint density at radius 2 is 2.17 bits per heavy atom. The van der Waals surface area contributed by atoms with Gasteiger partial charge in [-0.1, -0.05) is 13.8 Å². The second kappa shape index (κ2) is 6.15. The predicted octanol–water partition coefficient (Wildman–Crippen LogP) is 2.12. The highest BCUT2D eigenvalue weighted by molar-refractivity contribution is 5.92. The molecule has 1 amide bonds. The molecule has 8 heteroatoms. The number of carbonyl (C=O) groups excluding carboxylic acids is 1. The molecule has 0 unspecified atom stereocenters. The van der Waals surface area contributed by atoms with Gasteiger partial charge in [0.1, 0.15) is 11.5 Å². The number of amides is 1. The number of hydrogen-bond acceptors (Lipinski definition) is 5. The average molecular weight is 327 g/mol. The van der Waals surface area contributed by atoms with Crippen LogP contribution in [0.3, 0.4) is 0 Å². The van der Waals surface area contributed by atoms with Crippen LogP contribution >= 0.6 is 0 Å². The Labute approximate surface area is 137 Å². The van der Waals surface area contributed by atoms with Crippen LogP contribution in [-0.2, 0) is 4.79 Å². The van der Waals surface area contributed by atoms with Gasteiger partial charge in [0, 0.05) is 23.7 Å². The van der Waals surface area contributed by atoms with Crippen molar-refractivity contribution in [2.45, 2.75) is 20.8 Å². The van der Waals surface area contributed by atoms with Gasteiger partial charge < -0.3 is 9.73 Å². The van der Waals surface area contributed by atoms with Crippen molar-refractivity contribution in [2.24, 2.45) is 5.92 Å². The van der Waals surface area contributed by atoms with E-state index in [1.807, 2.05) is 0 Å². The first kappa shape index (κ1) is 15.7. The fourth-order valence-corrected chi connectivity index (χ4v) is 2.11. The standard InChI is InChI=1S/C16H17N5O3/c1-9(2)15(23)18-13-8-11(12-5-4-6-24-12)20-21(13)16-17-10(3)7-14(22)19-16/h4-9H,1-3H3,(H,18,23)(H,17,19,22). The van der Waals surface area contributed by atoms with Gasteiger partial charge in [-0.3, -0.25) is 14.6 Å². The van der Waals surface area contributed by atoms with E-state index >= 15 is 0 Å². The molecule has 8 nitrogen and oxygen atoms in total. The van der Waals surface area contributed by atoms with Crippen molar-refractivity contribution in [2.75, 3.05) is 5.32 Å². The molecule has 24 heavy (non-hydrogen) atoms. The van der Waals surface area contributed by atoms with E-state index in [0.29, 0.717) is 23.0 Å². The highest BCUT2D eigenvalue weighted by atomic mass is 16.3. The number of rotatable bonds is 4. The maximum absolute atomic E-state index is 12.1. The predicted molar refractivity (Wildman–Crippen MR) is 87.9 cm³/mol. The normalized spacial score (nSPS) is 11.0. The molecule has 2 N–H and O–H groups in total. The summed E-state index contributed by atoms with van der Waals surface area (Å²) in [4.78, 5) is 30.7. The van der Waals surface area contributed by atoms with E-state index in [4.69, 9.17) is 4.42 Å². The lowest BCUT2D eigenvalue weighted by Gasteiger charge is -2.09. The number of aromatic amines is 1. The summed E-state index contributed by atoms with van der Waals surface area (Å²) in [7, 11) is 0. The van der Waals surface area contributed by atoms with E-state index in [0.717, 1.165) is 0 Å². The molecule has 0 aliphatic rings. The van der Waals surface area contributed by atoms with E-state index < -0.39 is 0 Å². The van der Waals surface area contributed by atoms with Gasteiger partial charge in [0.2, 0.25) is 11.9 Å². The van der Waals surface area contributed by atoms with Gasteiger partial charge in [-0.05, 0) is 19.1 Å². The second-order valence-electron chi connectivity index (χ2n) is 5.66. The molecule has 0 bridgehead atoms. The van der Waals surface area contributed by atoms with Crippen molar-refractivity contribution in [3.8, 4) is 17.4 Å². The highest BCUT2D eigenvalue weighted by Crippen LogP contribution is 2.24. The van der Waals surface area contributed by atoms with E-state index in [9.17, 15) is 9.59 Å². The number of carbonyl (C=O) groups is 1. The summed E-state index contributed by atoms with van der Waals surface area (Å²) in [5.41, 5.74) is 0.766. The fourth-order valence-electron chi connectivity index (χ4n) is 2.11. The largest absolute Gasteiger partial charge is 0.463 e. The molecule has 124 valence electrons. The summed E-state index contributed by atoms with van der Waals surface area (Å²) >= 11 is 0. The maximum Gasteiger partial charge on any atom is 0.252 e. The number of furan rings is 1. The fraction of sp³-hybridized carbons (Fsp3) is 0.250. The van der Waals surface area contributed by atoms with Crippen molar-refractivity contribution in [3.63, 3.8) is 0 Å². The van der Waals surface area contributed by atoms with E-state index in [-0.39, 0.29) is 23.3 Å². The van der Waals surface area contributed by atoms with Crippen LogP contribution in [0.4, 0.5) is 5.82 Å². The van der Waals surface area contributed by atoms with Gasteiger partial charge >= 0.3 is 0 Å². The summed E-state index contributed by atoms with van der Waals surface area (Å²) in [6, 6.07) is 6.55. The first-order valence-corrected chi connectivity index (χ1v) is 7.47. The van der Waals surface area contributed by atoms with E-state index in [1.54, 1.807) is 39.0 Å². The molecule has 0 saturated heterocycles. The molecule has 0 fully saturated rings. The number of hydrogen-bond donors (Lipinski definition) is 2. The lowest BCUT2D eigenvalue weighted by molar-refractivity contribution is -0.118. The molecule has 0 saturated carbocycles. The van der Waals surface area contributed by atoms with Gasteiger partial charge in [-0.25, -0.2) is 4.98 Å². The summed E-state index contributed by atoms with van der Waals surface area (Å²) in [6.45, 7) is 5.29. The molecule has 0 aromatic carbocycles. The number of aromatic nitrogens is 4. The molecule has 3 aromatic heterocycles. The molecular weight excluding hydrogens is 310 g/mol. The third kappa shape index (κ3) is 3.12. The Morgan fingerprint density at radius 1 is 1.38 bits per heavy atom. The van der Waals surface area contributed by atoms with Crippen LogP contribution in [0.15, 0.2) is 39.7 Å². The van der Waals surface area contributed by atoms with Gasteiger partial charge in [0.25, 0.3) is 5.56 Å². The van der Waals surface area contributed by atoms with Crippen LogP contribution in [0, 0.1) is 12.8 Å². The highest BCUT2D eigenvalue weighted by Gasteiger charge is 2.18. The zero-order valence-electron chi connectivity index (χ0n) is 13.5. The van der Waals surface area contributed by atoms with Crippen LogP contribution in [0.25, 0.3) is 17.4 Å². The zero-order chi connectivity index (χ0) is 17.3. The first-order valence-electron chi connectivity index (χ1n) is 7.47. The summed E-state index contributed by atoms with van der Waals surface area (Å²) in [5.74, 6) is 0.789. The quantitative estimate of drug-likeness (QED) is 0.763. The van der Waals surface area contributed by atoms with Crippen molar-refractivity contribution in [1.29, 1.82) is 0 Å². The molecule has 0 radical (unpaired) electrons. The zero-order valence-corrected chi connectivity index (χ0v) is 13.5. The summed E-state index contributed by atoms with van der Waals surface area (Å²) in [6.07, 6.45) is 1.54. The Bertz CT molecular complexity index is 922. The summed E-state index contributed by atoms with van der Waals surface area (Å²) in [5, 5.41) is 7.18. The number of nitrogens with one attached hydrogen (secondary N) is 2. The Balaban J connectivity index is 2.11. The third-order valence-electron chi connectivity index (χ3n) is 3.32. The Morgan fingerprint density at radius 3 is 2.79 bits per heavy atom. The number of aryl methyl sites for hydroxylation is 1. The van der Waals surface area contributed by atoms with Crippen molar-refractivity contribution >= 4 is 11.7 Å². The van der Waals surface area contributed by atoms with Gasteiger partial charge in [-0.15, -0.1) is 0 Å². The van der Waals surface area contributed by atoms with E-state index in [1.165, 1.54) is 17.0 Å². The van der Waals surface area contributed by atoms with E-state index in [2.05, 4.69) is 20.4 Å². The summed E-state index contributed by atoms with van der Waals surface area (Å²) < 4.78 is 6.72. The maximum atomic E-state index is 12.1. The Kier molecular flexibility index (Phi) is 4.03. The van der Waals surface area contributed by atoms with Gasteiger partial charge in [-0.2, -0.15) is 9.78 Å². The molecule has 3 rings (SSSR count). The number of anilines is 1. The van der Waals surface area contributed by atoms with Crippen LogP contribution in [0.1, 0.15) is 19.5 Å². The monoisotopic (exact) mass is 327 g/mol. The molecule has 3 aromatic rings. The smallest absolute Gasteiger partial charge is 0.252 e. The van der Waals surface area contributed by atoms with Gasteiger partial charge in [0.05, 0.1) is 6.26 Å². The molecule has 0 aliphatic heterocycles. The minimum atomic E-state index is -0.298. The van der Waals surface area contributed by atoms with Crippen LogP contribution in [0.5, 0.6) is 0 Å². The molecule has 0 atom stereocenters. The topological polar surface area (TPSA) is 106 Å². The second-order valence-corrected chi connectivity index (χ2v) is 5.66. The van der Waals surface area contributed by atoms with Crippen LogP contribution in [-0.4, -0.2) is 25.7 Å². The minimum Gasteiger partial charge on any atom is -0.463 e. The molecule has 0 aliphatic carbocycles. The number of nitrogens with zero attached hydrogens (tertiary/aromatic N) is 3. The molecule has 3 heterocycles. The lowest BCUT2D eigenvalue weighted by atomic mass is 10.2. The number of H-pyrrole nitrogens is 1. The SMILES string of the molecule is Cc1cc(=O)[nH]c(-n2nc(-c3ccco3)cc2NC(=O)C(C)C)n1. The molecular formula is C16H17N5O3.